The zero-order valence-electron chi connectivity index (χ0n) is 15.8. The number of allylic oxidation sites excluding steroid dienone is 4. The Morgan fingerprint density at radius 2 is 1.83 bits per heavy atom. The van der Waals surface area contributed by atoms with E-state index in [2.05, 4.69) is 81.6 Å². The first kappa shape index (κ1) is 18.7. The van der Waals surface area contributed by atoms with Crippen LogP contribution in [0.5, 0.6) is 0 Å². The van der Waals surface area contributed by atoms with Crippen LogP contribution in [-0.4, -0.2) is 6.04 Å². The average molecular weight is 324 g/mol. The number of rotatable bonds is 7. The minimum Gasteiger partial charge on any atom is -0.306 e. The molecule has 1 unspecified atom stereocenters. The Kier molecular flexibility index (Phi) is 7.52. The summed E-state index contributed by atoms with van der Waals surface area (Å²) in [4.78, 5) is 0. The van der Waals surface area contributed by atoms with E-state index in [1.54, 1.807) is 5.57 Å². The van der Waals surface area contributed by atoms with Gasteiger partial charge < -0.3 is 5.32 Å². The van der Waals surface area contributed by atoms with Gasteiger partial charge in [0.1, 0.15) is 0 Å². The molecule has 0 aliphatic heterocycles. The quantitative estimate of drug-likeness (QED) is 0.590. The van der Waals surface area contributed by atoms with Gasteiger partial charge in [0, 0.05) is 12.6 Å². The SMILES string of the molecule is C/C=C(C1=CCCCC1)/C(=C\C)C(NCc1ccccc1)C(C)C. The van der Waals surface area contributed by atoms with Crippen molar-refractivity contribution in [3.8, 4) is 0 Å². The van der Waals surface area contributed by atoms with Crippen molar-refractivity contribution in [1.29, 1.82) is 0 Å². The third-order valence-electron chi connectivity index (χ3n) is 4.92. The molecule has 1 nitrogen and oxygen atoms in total. The van der Waals surface area contributed by atoms with Crippen molar-refractivity contribution in [1.82, 2.24) is 5.32 Å². The summed E-state index contributed by atoms with van der Waals surface area (Å²) in [5.74, 6) is 0.555. The molecule has 1 aromatic rings. The van der Waals surface area contributed by atoms with E-state index in [1.807, 2.05) is 0 Å². The molecule has 0 fully saturated rings. The van der Waals surface area contributed by atoms with E-state index in [0.29, 0.717) is 12.0 Å². The molecule has 0 radical (unpaired) electrons. The number of hydrogen-bond acceptors (Lipinski definition) is 1. The summed E-state index contributed by atoms with van der Waals surface area (Å²) >= 11 is 0. The van der Waals surface area contributed by atoms with Crippen molar-refractivity contribution in [3.05, 3.63) is 70.8 Å². The van der Waals surface area contributed by atoms with Gasteiger partial charge in [-0.25, -0.2) is 0 Å². The first-order valence-corrected chi connectivity index (χ1v) is 9.47. The van der Waals surface area contributed by atoms with Gasteiger partial charge in [-0.15, -0.1) is 0 Å². The van der Waals surface area contributed by atoms with Gasteiger partial charge in [-0.3, -0.25) is 0 Å². The van der Waals surface area contributed by atoms with Crippen molar-refractivity contribution in [2.24, 2.45) is 5.92 Å². The van der Waals surface area contributed by atoms with Gasteiger partial charge in [-0.2, -0.15) is 0 Å². The maximum atomic E-state index is 3.80. The van der Waals surface area contributed by atoms with E-state index in [1.165, 1.54) is 42.4 Å². The molecule has 1 aliphatic rings. The summed E-state index contributed by atoms with van der Waals surface area (Å²) in [5.41, 5.74) is 5.80. The van der Waals surface area contributed by atoms with Crippen LogP contribution in [0.3, 0.4) is 0 Å². The number of hydrogen-bond donors (Lipinski definition) is 1. The summed E-state index contributed by atoms with van der Waals surface area (Å²) in [5, 5.41) is 3.80. The van der Waals surface area contributed by atoms with Gasteiger partial charge in [0.15, 0.2) is 0 Å². The summed E-state index contributed by atoms with van der Waals surface area (Å²) in [6.45, 7) is 9.91. The third-order valence-corrected chi connectivity index (χ3v) is 4.92. The topological polar surface area (TPSA) is 12.0 Å². The fourth-order valence-electron chi connectivity index (χ4n) is 3.65. The molecule has 1 heteroatoms. The van der Waals surface area contributed by atoms with Crippen LogP contribution in [-0.2, 0) is 6.54 Å². The lowest BCUT2D eigenvalue weighted by molar-refractivity contribution is 0.447. The minimum absolute atomic E-state index is 0.379. The number of nitrogens with one attached hydrogen (secondary N) is 1. The van der Waals surface area contributed by atoms with Gasteiger partial charge in [-0.1, -0.05) is 62.4 Å². The standard InChI is InChI=1S/C23H33N/c1-5-21(20-15-11-8-12-16-20)22(6-2)23(18(3)4)24-17-19-13-9-7-10-14-19/h5-7,9-10,13-15,18,23-24H,8,11-12,16-17H2,1-4H3/b21-5+,22-6+. The second-order valence-corrected chi connectivity index (χ2v) is 7.01. The van der Waals surface area contributed by atoms with Crippen molar-refractivity contribution >= 4 is 0 Å². The molecule has 0 amide bonds. The highest BCUT2D eigenvalue weighted by molar-refractivity contribution is 5.49. The van der Waals surface area contributed by atoms with Crippen LogP contribution in [0.25, 0.3) is 0 Å². The molecule has 1 aliphatic carbocycles. The van der Waals surface area contributed by atoms with E-state index in [-0.39, 0.29) is 0 Å². The molecule has 0 saturated heterocycles. The zero-order chi connectivity index (χ0) is 17.4. The van der Waals surface area contributed by atoms with Crippen LogP contribution in [0, 0.1) is 5.92 Å². The molecular weight excluding hydrogens is 290 g/mol. The second kappa shape index (κ2) is 9.64. The van der Waals surface area contributed by atoms with Crippen molar-refractivity contribution in [2.75, 3.05) is 0 Å². The summed E-state index contributed by atoms with van der Waals surface area (Å²) in [7, 11) is 0. The summed E-state index contributed by atoms with van der Waals surface area (Å²) in [6, 6.07) is 11.1. The minimum atomic E-state index is 0.379. The Hall–Kier alpha value is -1.60. The molecule has 1 atom stereocenters. The van der Waals surface area contributed by atoms with Crippen LogP contribution in [0.2, 0.25) is 0 Å². The van der Waals surface area contributed by atoms with Crippen LogP contribution in [0.15, 0.2) is 65.3 Å². The highest BCUT2D eigenvalue weighted by atomic mass is 14.9. The van der Waals surface area contributed by atoms with E-state index in [4.69, 9.17) is 0 Å². The van der Waals surface area contributed by atoms with Gasteiger partial charge >= 0.3 is 0 Å². The lowest BCUT2D eigenvalue weighted by atomic mass is 9.83. The van der Waals surface area contributed by atoms with E-state index < -0.39 is 0 Å². The number of benzene rings is 1. The van der Waals surface area contributed by atoms with Crippen molar-refractivity contribution < 1.29 is 0 Å². The largest absolute Gasteiger partial charge is 0.306 e. The molecule has 24 heavy (non-hydrogen) atoms. The smallest absolute Gasteiger partial charge is 0.0349 e. The maximum Gasteiger partial charge on any atom is 0.0349 e. The van der Waals surface area contributed by atoms with Gasteiger partial charge in [0.2, 0.25) is 0 Å². The normalized spacial score (nSPS) is 17.8. The van der Waals surface area contributed by atoms with Crippen LogP contribution < -0.4 is 5.32 Å². The lowest BCUT2D eigenvalue weighted by Gasteiger charge is -2.29. The molecule has 0 heterocycles. The predicted molar refractivity (Wildman–Crippen MR) is 106 cm³/mol. The first-order chi connectivity index (χ1) is 11.7. The zero-order valence-corrected chi connectivity index (χ0v) is 15.8. The monoisotopic (exact) mass is 323 g/mol. The van der Waals surface area contributed by atoms with Gasteiger partial charge in [0.25, 0.3) is 0 Å². The highest BCUT2D eigenvalue weighted by Crippen LogP contribution is 2.32. The van der Waals surface area contributed by atoms with Crippen LogP contribution in [0.4, 0.5) is 0 Å². The predicted octanol–water partition coefficient (Wildman–Crippen LogP) is 6.19. The van der Waals surface area contributed by atoms with Gasteiger partial charge in [-0.05, 0) is 67.7 Å². The van der Waals surface area contributed by atoms with Crippen LogP contribution >= 0.6 is 0 Å². The Bertz CT molecular complexity index is 590. The molecule has 0 saturated carbocycles. The van der Waals surface area contributed by atoms with E-state index in [0.717, 1.165) is 6.54 Å². The summed E-state index contributed by atoms with van der Waals surface area (Å²) in [6.07, 6.45) is 12.2. The van der Waals surface area contributed by atoms with E-state index in [9.17, 15) is 0 Å². The van der Waals surface area contributed by atoms with Crippen molar-refractivity contribution in [2.45, 2.75) is 66.0 Å². The Morgan fingerprint density at radius 1 is 1.08 bits per heavy atom. The molecule has 0 spiro atoms. The fraction of sp³-hybridized carbons (Fsp3) is 0.478. The molecule has 2 rings (SSSR count). The fourth-order valence-corrected chi connectivity index (χ4v) is 3.65. The highest BCUT2D eigenvalue weighted by Gasteiger charge is 2.22. The second-order valence-electron chi connectivity index (χ2n) is 7.01. The van der Waals surface area contributed by atoms with Gasteiger partial charge in [0.05, 0.1) is 0 Å². The lowest BCUT2D eigenvalue weighted by Crippen LogP contribution is -2.36. The van der Waals surface area contributed by atoms with E-state index >= 15 is 0 Å². The first-order valence-electron chi connectivity index (χ1n) is 9.47. The van der Waals surface area contributed by atoms with Crippen LogP contribution in [0.1, 0.15) is 58.9 Å². The molecule has 1 aromatic carbocycles. The Labute approximate surface area is 148 Å². The average Bonchev–Trinajstić information content (AvgIpc) is 2.62. The third kappa shape index (κ3) is 4.95. The molecule has 130 valence electrons. The van der Waals surface area contributed by atoms with Crippen molar-refractivity contribution in [3.63, 3.8) is 0 Å². The molecule has 0 aromatic heterocycles. The molecular formula is C23H33N. The summed E-state index contributed by atoms with van der Waals surface area (Å²) < 4.78 is 0. The Balaban J connectivity index is 2.18. The Morgan fingerprint density at radius 3 is 2.38 bits per heavy atom. The molecule has 1 N–H and O–H groups in total. The maximum absolute atomic E-state index is 3.80. The molecule has 0 bridgehead atoms.